The lowest BCUT2D eigenvalue weighted by molar-refractivity contribution is -0.0689. The lowest BCUT2D eigenvalue weighted by atomic mass is 9.95. The molecule has 2 amide bonds. The normalized spacial score (nSPS) is 14.4. The number of carbonyl (C=O) groups excluding carboxylic acids is 2. The molecule has 1 heterocycles. The predicted molar refractivity (Wildman–Crippen MR) is 71.5 cm³/mol. The first-order chi connectivity index (χ1) is 9.06. The zero-order chi connectivity index (χ0) is 13.7. The van der Waals surface area contributed by atoms with E-state index in [0.717, 1.165) is 5.06 Å². The van der Waals surface area contributed by atoms with E-state index in [1.807, 2.05) is 0 Å². The van der Waals surface area contributed by atoms with Crippen molar-refractivity contribution < 1.29 is 14.4 Å². The van der Waals surface area contributed by atoms with Gasteiger partial charge in [-0.2, -0.15) is 0 Å². The van der Waals surface area contributed by atoms with Crippen LogP contribution in [0, 0.1) is 0 Å². The maximum Gasteiger partial charge on any atom is 0.285 e. The summed E-state index contributed by atoms with van der Waals surface area (Å²) in [5, 5.41) is 2.51. The Labute approximate surface area is 118 Å². The number of hydroxylamine groups is 2. The zero-order valence-corrected chi connectivity index (χ0v) is 11.2. The smallest absolute Gasteiger partial charge is 0.266 e. The minimum atomic E-state index is -0.524. The summed E-state index contributed by atoms with van der Waals surface area (Å²) in [5.41, 5.74) is 0.691. The fourth-order valence-corrected chi connectivity index (χ4v) is 2.81. The van der Waals surface area contributed by atoms with Crippen molar-refractivity contribution in [3.8, 4) is 0 Å². The molecule has 1 aliphatic rings. The summed E-state index contributed by atoms with van der Waals surface area (Å²) in [7, 11) is 1.27. The minimum absolute atomic E-state index is 0.346. The van der Waals surface area contributed by atoms with Gasteiger partial charge in [-0.1, -0.05) is 23.2 Å². The molecule has 96 valence electrons. The van der Waals surface area contributed by atoms with Gasteiger partial charge in [0.25, 0.3) is 11.8 Å². The maximum atomic E-state index is 12.2. The second-order valence-corrected chi connectivity index (χ2v) is 4.84. The van der Waals surface area contributed by atoms with Crippen LogP contribution in [0.2, 0.25) is 10.0 Å². The van der Waals surface area contributed by atoms with Crippen molar-refractivity contribution in [2.24, 2.45) is 0 Å². The molecule has 0 bridgehead atoms. The van der Waals surface area contributed by atoms with Crippen molar-refractivity contribution in [3.05, 3.63) is 45.4 Å². The third-order valence-electron chi connectivity index (χ3n) is 3.07. The Balaban J connectivity index is 2.50. The fourth-order valence-electron chi connectivity index (χ4n) is 2.25. The summed E-state index contributed by atoms with van der Waals surface area (Å²) in [6.45, 7) is 0. The van der Waals surface area contributed by atoms with E-state index in [4.69, 9.17) is 28.0 Å². The van der Waals surface area contributed by atoms with Gasteiger partial charge < -0.3 is 0 Å². The SMILES string of the molecule is CON1C(=O)c2ccc(Cl)c3c(Cl)ccc(c23)C1=O. The predicted octanol–water partition coefficient (Wildman–Crippen LogP) is 3.30. The fraction of sp³-hybridized carbons (Fsp3) is 0.0769. The molecular weight excluding hydrogens is 289 g/mol. The molecule has 0 spiro atoms. The van der Waals surface area contributed by atoms with Crippen LogP contribution in [-0.2, 0) is 4.84 Å². The molecule has 0 fully saturated rings. The van der Waals surface area contributed by atoms with Gasteiger partial charge in [-0.15, -0.1) is 5.06 Å². The number of carbonyl (C=O) groups is 2. The van der Waals surface area contributed by atoms with Crippen LogP contribution in [0.1, 0.15) is 20.7 Å². The Hall–Kier alpha value is -1.62. The molecule has 0 N–H and O–H groups in total. The molecule has 3 rings (SSSR count). The summed E-state index contributed by atoms with van der Waals surface area (Å²) in [6, 6.07) is 6.28. The van der Waals surface area contributed by atoms with Crippen LogP contribution < -0.4 is 0 Å². The van der Waals surface area contributed by atoms with Gasteiger partial charge in [0, 0.05) is 20.8 Å². The number of nitrogens with zero attached hydrogens (tertiary/aromatic N) is 1. The maximum absolute atomic E-state index is 12.2. The minimum Gasteiger partial charge on any atom is -0.266 e. The number of halogens is 2. The van der Waals surface area contributed by atoms with Gasteiger partial charge in [0.05, 0.1) is 18.2 Å². The van der Waals surface area contributed by atoms with Gasteiger partial charge in [-0.05, 0) is 24.3 Å². The molecule has 2 aromatic rings. The van der Waals surface area contributed by atoms with Crippen molar-refractivity contribution in [1.29, 1.82) is 0 Å². The molecule has 6 heteroatoms. The molecular formula is C13H7Cl2NO3. The molecule has 0 aliphatic carbocycles. The first-order valence-electron chi connectivity index (χ1n) is 5.40. The van der Waals surface area contributed by atoms with Crippen LogP contribution in [-0.4, -0.2) is 24.0 Å². The van der Waals surface area contributed by atoms with Gasteiger partial charge in [0.1, 0.15) is 0 Å². The summed E-state index contributed by atoms with van der Waals surface area (Å²) >= 11 is 12.2. The van der Waals surface area contributed by atoms with E-state index in [-0.39, 0.29) is 0 Å². The van der Waals surface area contributed by atoms with E-state index >= 15 is 0 Å². The van der Waals surface area contributed by atoms with E-state index in [0.29, 0.717) is 31.9 Å². The molecule has 0 unspecified atom stereocenters. The van der Waals surface area contributed by atoms with E-state index < -0.39 is 11.8 Å². The Kier molecular flexibility index (Phi) is 2.74. The van der Waals surface area contributed by atoms with Gasteiger partial charge in [-0.25, -0.2) is 0 Å². The number of imide groups is 1. The lowest BCUT2D eigenvalue weighted by Gasteiger charge is -2.25. The van der Waals surface area contributed by atoms with E-state index in [1.165, 1.54) is 7.11 Å². The van der Waals surface area contributed by atoms with Gasteiger partial charge in [0.15, 0.2) is 0 Å². The average Bonchev–Trinajstić information content (AvgIpc) is 2.38. The van der Waals surface area contributed by atoms with E-state index in [1.54, 1.807) is 24.3 Å². The molecule has 0 saturated carbocycles. The molecule has 0 radical (unpaired) electrons. The first kappa shape index (κ1) is 12.4. The largest absolute Gasteiger partial charge is 0.285 e. The number of hydrogen-bond acceptors (Lipinski definition) is 3. The van der Waals surface area contributed by atoms with Crippen LogP contribution >= 0.6 is 23.2 Å². The van der Waals surface area contributed by atoms with Crippen LogP contribution in [0.5, 0.6) is 0 Å². The van der Waals surface area contributed by atoms with Crippen LogP contribution in [0.15, 0.2) is 24.3 Å². The highest BCUT2D eigenvalue weighted by Crippen LogP contribution is 2.38. The first-order valence-corrected chi connectivity index (χ1v) is 6.15. The average molecular weight is 296 g/mol. The number of amides is 2. The standard InChI is InChI=1S/C13H7Cl2NO3/c1-19-16-12(17)6-2-4-8(14)11-9(15)5-3-7(10(6)11)13(16)18/h2-5H,1H3. The van der Waals surface area contributed by atoms with E-state index in [9.17, 15) is 9.59 Å². The van der Waals surface area contributed by atoms with Gasteiger partial charge in [0.2, 0.25) is 0 Å². The van der Waals surface area contributed by atoms with Crippen molar-refractivity contribution in [1.82, 2.24) is 5.06 Å². The summed E-state index contributed by atoms with van der Waals surface area (Å²) in [5.74, 6) is -1.05. The summed E-state index contributed by atoms with van der Waals surface area (Å²) in [6.07, 6.45) is 0. The Morgan fingerprint density at radius 1 is 0.895 bits per heavy atom. The number of rotatable bonds is 1. The van der Waals surface area contributed by atoms with Crippen molar-refractivity contribution in [3.63, 3.8) is 0 Å². The van der Waals surface area contributed by atoms with E-state index in [2.05, 4.69) is 0 Å². The van der Waals surface area contributed by atoms with Crippen molar-refractivity contribution >= 4 is 45.8 Å². The molecule has 0 aromatic heterocycles. The molecule has 0 atom stereocenters. The topological polar surface area (TPSA) is 46.6 Å². The van der Waals surface area contributed by atoms with Crippen LogP contribution in [0.4, 0.5) is 0 Å². The zero-order valence-electron chi connectivity index (χ0n) is 9.74. The Bertz CT molecular complexity index is 685. The number of benzene rings is 2. The second-order valence-electron chi connectivity index (χ2n) is 4.03. The van der Waals surface area contributed by atoms with Crippen LogP contribution in [0.3, 0.4) is 0 Å². The second kappa shape index (κ2) is 4.20. The molecule has 1 aliphatic heterocycles. The molecule has 0 saturated heterocycles. The molecule has 4 nitrogen and oxygen atoms in total. The van der Waals surface area contributed by atoms with Crippen molar-refractivity contribution in [2.45, 2.75) is 0 Å². The Morgan fingerprint density at radius 2 is 1.37 bits per heavy atom. The monoisotopic (exact) mass is 295 g/mol. The van der Waals surface area contributed by atoms with Gasteiger partial charge in [-0.3, -0.25) is 14.4 Å². The highest BCUT2D eigenvalue weighted by molar-refractivity contribution is 6.44. The van der Waals surface area contributed by atoms with Crippen molar-refractivity contribution in [2.75, 3.05) is 7.11 Å². The summed E-state index contributed by atoms with van der Waals surface area (Å²) < 4.78 is 0. The molecule has 19 heavy (non-hydrogen) atoms. The Morgan fingerprint density at radius 3 is 1.79 bits per heavy atom. The van der Waals surface area contributed by atoms with Crippen LogP contribution in [0.25, 0.3) is 10.8 Å². The van der Waals surface area contributed by atoms with Gasteiger partial charge >= 0.3 is 0 Å². The highest BCUT2D eigenvalue weighted by atomic mass is 35.5. The molecule has 2 aromatic carbocycles. The highest BCUT2D eigenvalue weighted by Gasteiger charge is 2.34. The third kappa shape index (κ3) is 1.57. The quantitative estimate of drug-likeness (QED) is 0.758. The number of hydrogen-bond donors (Lipinski definition) is 0. The third-order valence-corrected chi connectivity index (χ3v) is 3.70. The summed E-state index contributed by atoms with van der Waals surface area (Å²) in [4.78, 5) is 29.2. The lowest BCUT2D eigenvalue weighted by Crippen LogP contribution is -2.39.